The predicted molar refractivity (Wildman–Crippen MR) is 120 cm³/mol. The number of aromatic nitrogens is 1. The smallest absolute Gasteiger partial charge is 0.135 e. The summed E-state index contributed by atoms with van der Waals surface area (Å²) in [6, 6.07) is 13.0. The third-order valence-corrected chi connectivity index (χ3v) is 6.74. The van der Waals surface area contributed by atoms with Crippen molar-refractivity contribution in [2.75, 3.05) is 37.0 Å². The summed E-state index contributed by atoms with van der Waals surface area (Å²) in [5, 5.41) is 10.9. The summed E-state index contributed by atoms with van der Waals surface area (Å²) in [6.45, 7) is 7.78. The summed E-state index contributed by atoms with van der Waals surface area (Å²) in [5.74, 6) is 1.92. The van der Waals surface area contributed by atoms with Crippen LogP contribution in [-0.4, -0.2) is 42.6 Å². The lowest BCUT2D eigenvalue weighted by Crippen LogP contribution is -2.39. The van der Waals surface area contributed by atoms with Gasteiger partial charge in [-0.15, -0.1) is 11.8 Å². The molecule has 0 saturated carbocycles. The Hall–Kier alpha value is -2.07. The predicted octanol–water partition coefficient (Wildman–Crippen LogP) is 4.37. The van der Waals surface area contributed by atoms with E-state index in [0.717, 1.165) is 65.6 Å². The monoisotopic (exact) mass is 423 g/mol. The highest BCUT2D eigenvalue weighted by atomic mass is 32.2. The molecule has 6 heteroatoms. The van der Waals surface area contributed by atoms with Crippen molar-refractivity contribution in [2.24, 2.45) is 0 Å². The highest BCUT2D eigenvalue weighted by Gasteiger charge is 2.33. The average Bonchev–Trinajstić information content (AvgIpc) is 2.76. The van der Waals surface area contributed by atoms with E-state index in [1.54, 1.807) is 11.8 Å². The minimum Gasteiger partial charge on any atom is -0.378 e. The number of anilines is 1. The van der Waals surface area contributed by atoms with Crippen LogP contribution >= 0.6 is 11.8 Å². The van der Waals surface area contributed by atoms with Crippen molar-refractivity contribution in [3.63, 3.8) is 0 Å². The Balaban J connectivity index is 1.59. The lowest BCUT2D eigenvalue weighted by atomic mass is 9.89. The molecule has 1 fully saturated rings. The first-order valence-corrected chi connectivity index (χ1v) is 11.7. The second kappa shape index (κ2) is 9.38. The fourth-order valence-electron chi connectivity index (χ4n) is 4.07. The maximum Gasteiger partial charge on any atom is 0.135 e. The molecule has 0 N–H and O–H groups in total. The number of thioether (sulfide) groups is 1. The molecule has 0 aliphatic carbocycles. The highest BCUT2D eigenvalue weighted by molar-refractivity contribution is 7.99. The third-order valence-electron chi connectivity index (χ3n) is 5.68. The van der Waals surface area contributed by atoms with E-state index in [4.69, 9.17) is 14.5 Å². The van der Waals surface area contributed by atoms with Crippen LogP contribution in [0.4, 0.5) is 5.82 Å². The molecular weight excluding hydrogens is 394 g/mol. The number of rotatable bonds is 6. The van der Waals surface area contributed by atoms with Crippen molar-refractivity contribution >= 4 is 17.6 Å². The van der Waals surface area contributed by atoms with Crippen LogP contribution in [-0.2, 0) is 28.9 Å². The first-order valence-electron chi connectivity index (χ1n) is 10.7. The molecule has 30 heavy (non-hydrogen) atoms. The Morgan fingerprint density at radius 1 is 1.17 bits per heavy atom. The normalized spacial score (nSPS) is 18.0. The minimum absolute atomic E-state index is 0.266. The van der Waals surface area contributed by atoms with E-state index in [2.05, 4.69) is 49.1 Å². The third kappa shape index (κ3) is 4.80. The van der Waals surface area contributed by atoms with Crippen LogP contribution in [0, 0.1) is 11.3 Å². The number of morpholine rings is 1. The van der Waals surface area contributed by atoms with Gasteiger partial charge in [0.15, 0.2) is 0 Å². The number of pyridine rings is 1. The average molecular weight is 424 g/mol. The Labute approximate surface area is 183 Å². The topological polar surface area (TPSA) is 58.4 Å². The number of benzene rings is 1. The Kier molecular flexibility index (Phi) is 6.62. The van der Waals surface area contributed by atoms with Gasteiger partial charge in [-0.05, 0) is 43.6 Å². The van der Waals surface area contributed by atoms with Crippen LogP contribution in [0.25, 0.3) is 0 Å². The van der Waals surface area contributed by atoms with Crippen molar-refractivity contribution in [2.45, 2.75) is 50.3 Å². The van der Waals surface area contributed by atoms with Gasteiger partial charge in [0.25, 0.3) is 0 Å². The zero-order valence-electron chi connectivity index (χ0n) is 17.8. The van der Waals surface area contributed by atoms with Gasteiger partial charge in [0.05, 0.1) is 31.0 Å². The quantitative estimate of drug-likeness (QED) is 0.508. The molecule has 1 aromatic carbocycles. The molecule has 1 aromatic heterocycles. The molecule has 0 radical (unpaired) electrons. The van der Waals surface area contributed by atoms with E-state index in [1.165, 1.54) is 5.56 Å². The molecule has 3 heterocycles. The van der Waals surface area contributed by atoms with Crippen LogP contribution in [0.15, 0.2) is 35.4 Å². The fourth-order valence-corrected chi connectivity index (χ4v) is 5.02. The molecule has 2 aliphatic heterocycles. The largest absolute Gasteiger partial charge is 0.378 e. The maximum absolute atomic E-state index is 10.0. The van der Waals surface area contributed by atoms with Gasteiger partial charge in [-0.2, -0.15) is 5.26 Å². The Morgan fingerprint density at radius 2 is 1.93 bits per heavy atom. The maximum atomic E-state index is 10.0. The van der Waals surface area contributed by atoms with E-state index in [0.29, 0.717) is 19.8 Å². The standard InChI is InChI=1S/C24H29N3O2S/c1-24(2)15-19-20(16-25)23(30-14-6-9-18-7-4-3-5-8-18)26-22(21(19)17-29-24)27-10-12-28-13-11-27/h3-5,7-8H,6,9-15,17H2,1-2H3. The molecule has 5 nitrogen and oxygen atoms in total. The highest BCUT2D eigenvalue weighted by Crippen LogP contribution is 2.38. The van der Waals surface area contributed by atoms with Crippen molar-refractivity contribution < 1.29 is 9.47 Å². The molecule has 0 bridgehead atoms. The zero-order chi connectivity index (χ0) is 21.0. The molecule has 2 aromatic rings. The Morgan fingerprint density at radius 3 is 2.67 bits per heavy atom. The molecule has 2 aliphatic rings. The van der Waals surface area contributed by atoms with Gasteiger partial charge in [0, 0.05) is 25.1 Å². The number of hydrogen-bond donors (Lipinski definition) is 0. The van der Waals surface area contributed by atoms with Crippen LogP contribution in [0.1, 0.15) is 42.5 Å². The number of ether oxygens (including phenoxy) is 2. The van der Waals surface area contributed by atoms with E-state index < -0.39 is 0 Å². The first-order chi connectivity index (χ1) is 14.6. The molecule has 0 unspecified atom stereocenters. The molecular formula is C24H29N3O2S. The minimum atomic E-state index is -0.266. The number of nitriles is 1. The lowest BCUT2D eigenvalue weighted by molar-refractivity contribution is -0.0402. The van der Waals surface area contributed by atoms with E-state index >= 15 is 0 Å². The second-order valence-electron chi connectivity index (χ2n) is 8.45. The summed E-state index contributed by atoms with van der Waals surface area (Å²) in [5.41, 5.74) is 4.03. The number of fused-ring (bicyclic) bond motifs is 1. The molecule has 4 rings (SSSR count). The van der Waals surface area contributed by atoms with Gasteiger partial charge in [-0.1, -0.05) is 30.3 Å². The second-order valence-corrected chi connectivity index (χ2v) is 9.53. The summed E-state index contributed by atoms with van der Waals surface area (Å²) < 4.78 is 11.6. The number of hydrogen-bond acceptors (Lipinski definition) is 6. The van der Waals surface area contributed by atoms with Gasteiger partial charge in [0.1, 0.15) is 16.9 Å². The van der Waals surface area contributed by atoms with Crippen molar-refractivity contribution in [3.8, 4) is 6.07 Å². The summed E-state index contributed by atoms with van der Waals surface area (Å²) in [4.78, 5) is 7.29. The van der Waals surface area contributed by atoms with Crippen molar-refractivity contribution in [1.29, 1.82) is 5.26 Å². The Bertz CT molecular complexity index is 918. The van der Waals surface area contributed by atoms with Crippen molar-refractivity contribution in [1.82, 2.24) is 4.98 Å². The summed E-state index contributed by atoms with van der Waals surface area (Å²) >= 11 is 1.71. The van der Waals surface area contributed by atoms with Crippen LogP contribution in [0.5, 0.6) is 0 Å². The zero-order valence-corrected chi connectivity index (χ0v) is 18.6. The molecule has 1 saturated heterocycles. The summed E-state index contributed by atoms with van der Waals surface area (Å²) in [6.07, 6.45) is 2.83. The summed E-state index contributed by atoms with van der Waals surface area (Å²) in [7, 11) is 0. The van der Waals surface area contributed by atoms with E-state index in [-0.39, 0.29) is 5.60 Å². The van der Waals surface area contributed by atoms with Gasteiger partial charge in [0.2, 0.25) is 0 Å². The molecule has 0 spiro atoms. The van der Waals surface area contributed by atoms with Crippen LogP contribution in [0.2, 0.25) is 0 Å². The van der Waals surface area contributed by atoms with Gasteiger partial charge in [-0.3, -0.25) is 0 Å². The number of aryl methyl sites for hydroxylation is 1. The van der Waals surface area contributed by atoms with Gasteiger partial charge < -0.3 is 14.4 Å². The first kappa shape index (κ1) is 21.2. The van der Waals surface area contributed by atoms with E-state index in [1.807, 2.05) is 6.07 Å². The number of nitrogens with zero attached hydrogens (tertiary/aromatic N) is 3. The van der Waals surface area contributed by atoms with Gasteiger partial charge >= 0.3 is 0 Å². The van der Waals surface area contributed by atoms with Crippen molar-refractivity contribution in [3.05, 3.63) is 52.6 Å². The SMILES string of the molecule is CC1(C)Cc2c(C#N)c(SCCCc3ccccc3)nc(N3CCOCC3)c2CO1. The molecule has 0 amide bonds. The molecule has 158 valence electrons. The fraction of sp³-hybridized carbons (Fsp3) is 0.500. The van der Waals surface area contributed by atoms with Crippen LogP contribution < -0.4 is 4.90 Å². The van der Waals surface area contributed by atoms with Gasteiger partial charge in [-0.25, -0.2) is 4.98 Å². The molecule has 0 atom stereocenters. The van der Waals surface area contributed by atoms with E-state index in [9.17, 15) is 5.26 Å². The van der Waals surface area contributed by atoms with Crippen LogP contribution in [0.3, 0.4) is 0 Å². The lowest BCUT2D eigenvalue weighted by Gasteiger charge is -2.36.